The first kappa shape index (κ1) is 22.2. The van der Waals surface area contributed by atoms with Crippen molar-refractivity contribution in [3.8, 4) is 5.88 Å². The number of pyridine rings is 2. The minimum Gasteiger partial charge on any atom is -0.472 e. The molecule has 0 radical (unpaired) electrons. The van der Waals surface area contributed by atoms with E-state index in [9.17, 15) is 14.7 Å². The Morgan fingerprint density at radius 3 is 2.80 bits per heavy atom. The molecular weight excluding hydrogens is 452 g/mol. The highest BCUT2D eigenvalue weighted by Crippen LogP contribution is 2.28. The lowest BCUT2D eigenvalue weighted by Crippen LogP contribution is -2.50. The van der Waals surface area contributed by atoms with Crippen molar-refractivity contribution < 1.29 is 19.4 Å². The largest absolute Gasteiger partial charge is 0.472 e. The van der Waals surface area contributed by atoms with Gasteiger partial charge in [0.05, 0.1) is 19.2 Å². The number of amides is 2. The van der Waals surface area contributed by atoms with Crippen molar-refractivity contribution in [1.82, 2.24) is 19.8 Å². The SMILES string of the molecule is C[C@@H]1CN([C@@H](C)CO)C(=O)c2cc(Br)cnc2O[C@H]1CN(C)C(=O)c1ccncc1. The minimum atomic E-state index is -0.394. The number of hydrogen-bond acceptors (Lipinski definition) is 6. The summed E-state index contributed by atoms with van der Waals surface area (Å²) in [5, 5.41) is 9.66. The van der Waals surface area contributed by atoms with Gasteiger partial charge >= 0.3 is 0 Å². The van der Waals surface area contributed by atoms with Crippen LogP contribution in [0.3, 0.4) is 0 Å². The van der Waals surface area contributed by atoms with E-state index in [1.807, 2.05) is 6.92 Å². The van der Waals surface area contributed by atoms with E-state index in [1.165, 1.54) is 0 Å². The number of carbonyl (C=O) groups is 2. The molecule has 0 saturated heterocycles. The van der Waals surface area contributed by atoms with Gasteiger partial charge in [-0.25, -0.2) is 4.98 Å². The van der Waals surface area contributed by atoms with Crippen molar-refractivity contribution >= 4 is 27.7 Å². The number of aliphatic hydroxyl groups is 1. The maximum atomic E-state index is 13.1. The number of carbonyl (C=O) groups excluding carboxylic acids is 2. The fraction of sp³-hybridized carbons (Fsp3) is 0.429. The molecule has 8 nitrogen and oxygen atoms in total. The van der Waals surface area contributed by atoms with Crippen molar-refractivity contribution in [2.45, 2.75) is 26.0 Å². The van der Waals surface area contributed by atoms with Crippen molar-refractivity contribution in [2.24, 2.45) is 5.92 Å². The first-order valence-corrected chi connectivity index (χ1v) is 10.5. The van der Waals surface area contributed by atoms with Crippen LogP contribution in [-0.4, -0.2) is 75.6 Å². The van der Waals surface area contributed by atoms with E-state index < -0.39 is 6.10 Å². The number of fused-ring (bicyclic) bond motifs is 1. The van der Waals surface area contributed by atoms with E-state index in [1.54, 1.807) is 60.6 Å². The molecule has 0 fully saturated rings. The van der Waals surface area contributed by atoms with Crippen LogP contribution < -0.4 is 4.74 Å². The van der Waals surface area contributed by atoms with Crippen LogP contribution in [0.5, 0.6) is 5.88 Å². The zero-order valence-corrected chi connectivity index (χ0v) is 18.7. The Balaban J connectivity index is 1.90. The molecule has 2 aromatic heterocycles. The van der Waals surface area contributed by atoms with Crippen LogP contribution >= 0.6 is 15.9 Å². The summed E-state index contributed by atoms with van der Waals surface area (Å²) in [6.45, 7) is 4.31. The molecule has 30 heavy (non-hydrogen) atoms. The van der Waals surface area contributed by atoms with Gasteiger partial charge in [-0.05, 0) is 41.1 Å². The Hall–Kier alpha value is -2.52. The first-order valence-electron chi connectivity index (χ1n) is 9.71. The van der Waals surface area contributed by atoms with Crippen molar-refractivity contribution in [2.75, 3.05) is 26.7 Å². The summed E-state index contributed by atoms with van der Waals surface area (Å²) in [6, 6.07) is 4.64. The molecule has 3 atom stereocenters. The van der Waals surface area contributed by atoms with E-state index in [-0.39, 0.29) is 36.3 Å². The summed E-state index contributed by atoms with van der Waals surface area (Å²) in [4.78, 5) is 37.3. The highest BCUT2D eigenvalue weighted by atomic mass is 79.9. The summed E-state index contributed by atoms with van der Waals surface area (Å²) < 4.78 is 6.80. The van der Waals surface area contributed by atoms with Crippen molar-refractivity contribution in [3.63, 3.8) is 0 Å². The van der Waals surface area contributed by atoms with Gasteiger partial charge in [-0.1, -0.05) is 6.92 Å². The molecular formula is C21H25BrN4O4. The van der Waals surface area contributed by atoms with Gasteiger partial charge in [0.1, 0.15) is 11.7 Å². The summed E-state index contributed by atoms with van der Waals surface area (Å²) in [7, 11) is 1.72. The highest BCUT2D eigenvalue weighted by Gasteiger charge is 2.34. The van der Waals surface area contributed by atoms with E-state index in [0.717, 1.165) is 0 Å². The maximum Gasteiger partial charge on any atom is 0.259 e. The van der Waals surface area contributed by atoms with Crippen LogP contribution in [0.15, 0.2) is 41.3 Å². The fourth-order valence-electron chi connectivity index (χ4n) is 3.36. The molecule has 0 aliphatic carbocycles. The van der Waals surface area contributed by atoms with Crippen LogP contribution in [0, 0.1) is 5.92 Å². The fourth-order valence-corrected chi connectivity index (χ4v) is 3.69. The van der Waals surface area contributed by atoms with Crippen molar-refractivity contribution in [3.05, 3.63) is 52.4 Å². The Kier molecular flexibility index (Phi) is 7.04. The molecule has 160 valence electrons. The number of hydrogen-bond donors (Lipinski definition) is 1. The molecule has 2 aromatic rings. The average molecular weight is 477 g/mol. The molecule has 1 N–H and O–H groups in total. The molecule has 0 spiro atoms. The third-order valence-electron chi connectivity index (χ3n) is 5.22. The maximum absolute atomic E-state index is 13.1. The molecule has 0 saturated carbocycles. The standard InChI is InChI=1S/C21H25BrN4O4/c1-13-10-26(14(2)12-27)21(29)17-8-16(22)9-24-19(17)30-18(13)11-25(3)20(28)15-4-6-23-7-5-15/h4-9,13-14,18,27H,10-12H2,1-3H3/t13-,14+,18+/m1/s1. The number of ether oxygens (including phenoxy) is 1. The lowest BCUT2D eigenvalue weighted by Gasteiger charge is -2.37. The van der Waals surface area contributed by atoms with E-state index in [2.05, 4.69) is 25.9 Å². The predicted molar refractivity (Wildman–Crippen MR) is 114 cm³/mol. The van der Waals surface area contributed by atoms with E-state index in [0.29, 0.717) is 28.7 Å². The second-order valence-corrected chi connectivity index (χ2v) is 8.47. The Labute approximate surface area is 184 Å². The van der Waals surface area contributed by atoms with Crippen LogP contribution in [-0.2, 0) is 0 Å². The number of aromatic nitrogens is 2. The Morgan fingerprint density at radius 2 is 2.13 bits per heavy atom. The third kappa shape index (κ3) is 4.79. The number of halogens is 1. The molecule has 9 heteroatoms. The predicted octanol–water partition coefficient (Wildman–Crippen LogP) is 2.23. The topological polar surface area (TPSA) is 95.9 Å². The number of likely N-dealkylation sites (N-methyl/N-ethyl adjacent to an activating group) is 1. The Morgan fingerprint density at radius 1 is 1.43 bits per heavy atom. The normalized spacial score (nSPS) is 19.9. The lowest BCUT2D eigenvalue weighted by atomic mass is 10.00. The van der Waals surface area contributed by atoms with Gasteiger partial charge < -0.3 is 19.6 Å². The molecule has 0 bridgehead atoms. The molecule has 2 amide bonds. The lowest BCUT2D eigenvalue weighted by molar-refractivity contribution is 0.0313. The number of aliphatic hydroxyl groups excluding tert-OH is 1. The number of nitrogens with zero attached hydrogens (tertiary/aromatic N) is 4. The zero-order valence-electron chi connectivity index (χ0n) is 17.2. The molecule has 0 unspecified atom stereocenters. The quantitative estimate of drug-likeness (QED) is 0.710. The first-order chi connectivity index (χ1) is 14.3. The van der Waals surface area contributed by atoms with Gasteiger partial charge in [0, 0.05) is 48.1 Å². The van der Waals surface area contributed by atoms with Gasteiger partial charge in [0.2, 0.25) is 5.88 Å². The van der Waals surface area contributed by atoms with Crippen LogP contribution in [0.4, 0.5) is 0 Å². The molecule has 1 aliphatic rings. The van der Waals surface area contributed by atoms with Crippen LogP contribution in [0.2, 0.25) is 0 Å². The Bertz CT molecular complexity index is 911. The second kappa shape index (κ2) is 9.53. The van der Waals surface area contributed by atoms with Gasteiger partial charge in [-0.15, -0.1) is 0 Å². The zero-order chi connectivity index (χ0) is 21.8. The van der Waals surface area contributed by atoms with E-state index in [4.69, 9.17) is 4.74 Å². The summed E-state index contributed by atoms with van der Waals surface area (Å²) in [5.74, 6) is -0.267. The average Bonchev–Trinajstić information content (AvgIpc) is 2.76. The number of rotatable bonds is 5. The smallest absolute Gasteiger partial charge is 0.259 e. The van der Waals surface area contributed by atoms with Gasteiger partial charge in [0.25, 0.3) is 11.8 Å². The molecule has 3 heterocycles. The van der Waals surface area contributed by atoms with Crippen LogP contribution in [0.1, 0.15) is 34.6 Å². The van der Waals surface area contributed by atoms with Crippen LogP contribution in [0.25, 0.3) is 0 Å². The van der Waals surface area contributed by atoms with Gasteiger partial charge in [-0.2, -0.15) is 0 Å². The van der Waals surface area contributed by atoms with Gasteiger partial charge in [-0.3, -0.25) is 14.6 Å². The van der Waals surface area contributed by atoms with E-state index >= 15 is 0 Å². The highest BCUT2D eigenvalue weighted by molar-refractivity contribution is 9.10. The monoisotopic (exact) mass is 476 g/mol. The third-order valence-corrected chi connectivity index (χ3v) is 5.65. The minimum absolute atomic E-state index is 0.103. The van der Waals surface area contributed by atoms with Gasteiger partial charge in [0.15, 0.2) is 0 Å². The summed E-state index contributed by atoms with van der Waals surface area (Å²) >= 11 is 3.35. The molecule has 1 aliphatic heterocycles. The summed E-state index contributed by atoms with van der Waals surface area (Å²) in [5.41, 5.74) is 0.865. The van der Waals surface area contributed by atoms with Crippen molar-refractivity contribution in [1.29, 1.82) is 0 Å². The molecule has 3 rings (SSSR count). The summed E-state index contributed by atoms with van der Waals surface area (Å²) in [6.07, 6.45) is 4.33. The second-order valence-electron chi connectivity index (χ2n) is 7.55. The molecule has 0 aromatic carbocycles.